The molecule has 3 aromatic carbocycles. The van der Waals surface area contributed by atoms with Gasteiger partial charge in [0.05, 0.1) is 27.9 Å². The van der Waals surface area contributed by atoms with Crippen LogP contribution in [0.3, 0.4) is 0 Å². The Bertz CT molecular complexity index is 1260. The van der Waals surface area contributed by atoms with Crippen LogP contribution in [0.15, 0.2) is 83.8 Å². The average molecular weight is 453 g/mol. The fourth-order valence-electron chi connectivity index (χ4n) is 3.51. The number of nitrogens with zero attached hydrogens (tertiary/aromatic N) is 1. The highest BCUT2D eigenvalue weighted by molar-refractivity contribution is 7.92. The molecule has 2 N–H and O–H groups in total. The highest BCUT2D eigenvalue weighted by Crippen LogP contribution is 2.30. The van der Waals surface area contributed by atoms with Crippen molar-refractivity contribution in [3.63, 3.8) is 0 Å². The summed E-state index contributed by atoms with van der Waals surface area (Å²) in [6.07, 6.45) is -0.0714. The molecule has 1 atom stereocenters. The van der Waals surface area contributed by atoms with Crippen LogP contribution >= 0.6 is 0 Å². The van der Waals surface area contributed by atoms with Gasteiger partial charge in [-0.2, -0.15) is 0 Å². The molecule has 3 aromatic rings. The first-order chi connectivity index (χ1) is 15.3. The van der Waals surface area contributed by atoms with Gasteiger partial charge in [0.1, 0.15) is 5.82 Å². The van der Waals surface area contributed by atoms with Gasteiger partial charge in [-0.05, 0) is 36.4 Å². The normalized spacial score (nSPS) is 16.1. The lowest BCUT2D eigenvalue weighted by molar-refractivity contribution is -0.122. The van der Waals surface area contributed by atoms with Crippen LogP contribution in [-0.4, -0.2) is 26.8 Å². The molecule has 0 bridgehead atoms. The summed E-state index contributed by atoms with van der Waals surface area (Å²) < 4.78 is 41.9. The van der Waals surface area contributed by atoms with E-state index in [1.165, 1.54) is 41.3 Å². The van der Waals surface area contributed by atoms with Crippen LogP contribution in [0.1, 0.15) is 6.42 Å². The van der Waals surface area contributed by atoms with E-state index in [9.17, 15) is 22.4 Å². The number of anilines is 3. The van der Waals surface area contributed by atoms with E-state index in [0.717, 1.165) is 0 Å². The maximum absolute atomic E-state index is 14.1. The maximum Gasteiger partial charge on any atom is 0.261 e. The van der Waals surface area contributed by atoms with Crippen molar-refractivity contribution in [2.45, 2.75) is 11.3 Å². The largest absolute Gasteiger partial charge is 0.324 e. The number of carbonyl (C=O) groups is 2. The minimum atomic E-state index is -3.85. The number of hydrogen-bond donors (Lipinski definition) is 2. The van der Waals surface area contributed by atoms with E-state index in [0.29, 0.717) is 0 Å². The topological polar surface area (TPSA) is 95.6 Å². The standard InChI is InChI=1S/C23H20FN3O4S/c24-18-10-4-7-13-21(18)27-15-16(14-22(27)28)23(29)25-19-11-5-6-12-20(19)26-32(30,31)17-8-2-1-3-9-17/h1-13,16,26H,14-15H2,(H,25,29). The van der Waals surface area contributed by atoms with Gasteiger partial charge < -0.3 is 10.2 Å². The summed E-state index contributed by atoms with van der Waals surface area (Å²) in [5, 5.41) is 2.70. The zero-order valence-electron chi connectivity index (χ0n) is 16.9. The van der Waals surface area contributed by atoms with Gasteiger partial charge in [-0.1, -0.05) is 42.5 Å². The van der Waals surface area contributed by atoms with Crippen LogP contribution in [0.2, 0.25) is 0 Å². The van der Waals surface area contributed by atoms with Crippen LogP contribution in [0.5, 0.6) is 0 Å². The van der Waals surface area contributed by atoms with Crippen molar-refractivity contribution in [2.75, 3.05) is 21.5 Å². The first-order valence-electron chi connectivity index (χ1n) is 9.88. The van der Waals surface area contributed by atoms with Gasteiger partial charge in [0.15, 0.2) is 0 Å². The Morgan fingerprint density at radius 2 is 1.53 bits per heavy atom. The molecule has 7 nitrogen and oxygen atoms in total. The van der Waals surface area contributed by atoms with Crippen molar-refractivity contribution in [1.82, 2.24) is 0 Å². The molecule has 9 heteroatoms. The zero-order valence-corrected chi connectivity index (χ0v) is 17.7. The van der Waals surface area contributed by atoms with Crippen LogP contribution in [0.4, 0.5) is 21.5 Å². The van der Waals surface area contributed by atoms with E-state index >= 15 is 0 Å². The highest BCUT2D eigenvalue weighted by atomic mass is 32.2. The van der Waals surface area contributed by atoms with E-state index in [2.05, 4.69) is 10.0 Å². The minimum Gasteiger partial charge on any atom is -0.324 e. The predicted molar refractivity (Wildman–Crippen MR) is 119 cm³/mol. The van der Waals surface area contributed by atoms with Crippen LogP contribution < -0.4 is 14.9 Å². The summed E-state index contributed by atoms with van der Waals surface area (Å²) in [7, 11) is -3.85. The third-order valence-corrected chi connectivity index (χ3v) is 6.50. The number of sulfonamides is 1. The molecule has 0 aliphatic carbocycles. The summed E-state index contributed by atoms with van der Waals surface area (Å²) in [6, 6.07) is 20.1. The van der Waals surface area contributed by atoms with Crippen molar-refractivity contribution in [3.05, 3.63) is 84.7 Å². The molecule has 4 rings (SSSR count). The molecule has 1 aliphatic rings. The molecule has 0 spiro atoms. The summed E-state index contributed by atoms with van der Waals surface area (Å²) in [5.41, 5.74) is 0.581. The highest BCUT2D eigenvalue weighted by Gasteiger charge is 2.36. The van der Waals surface area contributed by atoms with E-state index in [-0.39, 0.29) is 40.8 Å². The summed E-state index contributed by atoms with van der Waals surface area (Å²) >= 11 is 0. The summed E-state index contributed by atoms with van der Waals surface area (Å²) in [6.45, 7) is 0.0313. The summed E-state index contributed by atoms with van der Waals surface area (Å²) in [4.78, 5) is 26.6. The van der Waals surface area contributed by atoms with Gasteiger partial charge in [0.2, 0.25) is 11.8 Å². The number of hydrogen-bond acceptors (Lipinski definition) is 4. The van der Waals surface area contributed by atoms with Gasteiger partial charge in [0.25, 0.3) is 10.0 Å². The van der Waals surface area contributed by atoms with E-state index < -0.39 is 27.7 Å². The van der Waals surface area contributed by atoms with Gasteiger partial charge >= 0.3 is 0 Å². The molecule has 1 heterocycles. The number of nitrogens with one attached hydrogen (secondary N) is 2. The van der Waals surface area contributed by atoms with Gasteiger partial charge in [-0.15, -0.1) is 0 Å². The Hall–Kier alpha value is -3.72. The number of rotatable bonds is 6. The third kappa shape index (κ3) is 4.47. The lowest BCUT2D eigenvalue weighted by Gasteiger charge is -2.18. The van der Waals surface area contributed by atoms with Gasteiger partial charge in [0, 0.05) is 13.0 Å². The Morgan fingerprint density at radius 1 is 0.906 bits per heavy atom. The molecule has 1 fully saturated rings. The first kappa shape index (κ1) is 21.5. The van der Waals surface area contributed by atoms with Crippen molar-refractivity contribution in [3.8, 4) is 0 Å². The first-order valence-corrected chi connectivity index (χ1v) is 11.4. The minimum absolute atomic E-state index is 0.0313. The molecule has 0 saturated carbocycles. The Balaban J connectivity index is 1.50. The van der Waals surface area contributed by atoms with Crippen molar-refractivity contribution < 1.29 is 22.4 Å². The smallest absolute Gasteiger partial charge is 0.261 e. The SMILES string of the molecule is O=C(Nc1ccccc1NS(=O)(=O)c1ccccc1)C1CC(=O)N(c2ccccc2F)C1. The molecule has 0 radical (unpaired) electrons. The molecule has 2 amide bonds. The van der Waals surface area contributed by atoms with Gasteiger partial charge in [-0.25, -0.2) is 12.8 Å². The maximum atomic E-state index is 14.1. The number of carbonyl (C=O) groups excluding carboxylic acids is 2. The van der Waals surface area contributed by atoms with Crippen molar-refractivity contribution in [2.24, 2.45) is 5.92 Å². The fourth-order valence-corrected chi connectivity index (χ4v) is 4.61. The van der Waals surface area contributed by atoms with E-state index in [1.807, 2.05) is 0 Å². The molecule has 1 aliphatic heterocycles. The molecule has 1 saturated heterocycles. The lowest BCUT2D eigenvalue weighted by atomic mass is 10.1. The zero-order chi connectivity index (χ0) is 22.7. The van der Waals surface area contributed by atoms with E-state index in [4.69, 9.17) is 0 Å². The second-order valence-electron chi connectivity index (χ2n) is 7.31. The lowest BCUT2D eigenvalue weighted by Crippen LogP contribution is -2.29. The number of para-hydroxylation sites is 3. The molecular weight excluding hydrogens is 433 g/mol. The van der Waals surface area contributed by atoms with Crippen molar-refractivity contribution >= 4 is 38.9 Å². The van der Waals surface area contributed by atoms with Gasteiger partial charge in [-0.3, -0.25) is 14.3 Å². The molecule has 1 unspecified atom stereocenters. The van der Waals surface area contributed by atoms with Crippen LogP contribution in [0, 0.1) is 11.7 Å². The molecule has 32 heavy (non-hydrogen) atoms. The Labute approximate surface area is 184 Å². The second kappa shape index (κ2) is 8.80. The Kier molecular flexibility index (Phi) is 5.91. The average Bonchev–Trinajstić information content (AvgIpc) is 3.17. The number of amides is 2. The van der Waals surface area contributed by atoms with Crippen LogP contribution in [0.25, 0.3) is 0 Å². The van der Waals surface area contributed by atoms with E-state index in [1.54, 1.807) is 42.5 Å². The predicted octanol–water partition coefficient (Wildman–Crippen LogP) is 3.62. The fraction of sp³-hybridized carbons (Fsp3) is 0.130. The van der Waals surface area contributed by atoms with Crippen molar-refractivity contribution in [1.29, 1.82) is 0 Å². The molecular formula is C23H20FN3O4S. The van der Waals surface area contributed by atoms with Crippen LogP contribution in [-0.2, 0) is 19.6 Å². The number of halogens is 1. The molecule has 164 valence electrons. The monoisotopic (exact) mass is 453 g/mol. The molecule has 0 aromatic heterocycles. The third-order valence-electron chi connectivity index (χ3n) is 5.12. The summed E-state index contributed by atoms with van der Waals surface area (Å²) in [5.74, 6) is -2.06. The number of benzene rings is 3. The Morgan fingerprint density at radius 3 is 2.25 bits per heavy atom. The second-order valence-corrected chi connectivity index (χ2v) is 8.99. The quantitative estimate of drug-likeness (QED) is 0.596.